The van der Waals surface area contributed by atoms with Gasteiger partial charge in [-0.2, -0.15) is 0 Å². The molecule has 1 aromatic carbocycles. The average Bonchev–Trinajstić information content (AvgIpc) is 2.97. The van der Waals surface area contributed by atoms with E-state index in [4.69, 9.17) is 9.15 Å². The Bertz CT molecular complexity index is 832. The standard InChI is InChI=1S/C19H20O6/c1-2-24-19(23)14(18(21)22)10-15(20)11-7-8-13-12-5-3-4-6-16(12)25-17(13)9-11/h7-9,14H,2-6,10H2,1H3,(H,21,22). The van der Waals surface area contributed by atoms with Crippen LogP contribution in [0.15, 0.2) is 22.6 Å². The second-order valence-corrected chi connectivity index (χ2v) is 6.19. The number of furan rings is 1. The zero-order valence-electron chi connectivity index (χ0n) is 14.0. The number of ketones is 1. The lowest BCUT2D eigenvalue weighted by Gasteiger charge is -2.10. The van der Waals surface area contributed by atoms with Crippen LogP contribution in [-0.2, 0) is 27.2 Å². The summed E-state index contributed by atoms with van der Waals surface area (Å²) in [5.41, 5.74) is 2.19. The van der Waals surface area contributed by atoms with Crippen molar-refractivity contribution in [3.05, 3.63) is 35.1 Å². The van der Waals surface area contributed by atoms with E-state index in [1.165, 1.54) is 5.56 Å². The van der Waals surface area contributed by atoms with Gasteiger partial charge in [0.1, 0.15) is 11.3 Å². The molecule has 3 rings (SSSR count). The Hall–Kier alpha value is -2.63. The molecule has 1 aliphatic rings. The third-order valence-corrected chi connectivity index (χ3v) is 4.54. The van der Waals surface area contributed by atoms with E-state index in [0.29, 0.717) is 11.1 Å². The second-order valence-electron chi connectivity index (χ2n) is 6.19. The van der Waals surface area contributed by atoms with Gasteiger partial charge in [-0.15, -0.1) is 0 Å². The summed E-state index contributed by atoms with van der Waals surface area (Å²) in [7, 11) is 0. The summed E-state index contributed by atoms with van der Waals surface area (Å²) in [4.78, 5) is 35.4. The molecule has 132 valence electrons. The number of rotatable bonds is 6. The molecule has 0 aliphatic heterocycles. The van der Waals surface area contributed by atoms with Crippen LogP contribution in [0.3, 0.4) is 0 Å². The Kier molecular flexibility index (Phi) is 4.88. The quantitative estimate of drug-likeness (QED) is 0.491. The molecule has 0 bridgehead atoms. The molecule has 2 aromatic rings. The van der Waals surface area contributed by atoms with Crippen molar-refractivity contribution in [3.8, 4) is 0 Å². The lowest BCUT2D eigenvalue weighted by molar-refractivity contribution is -0.158. The SMILES string of the molecule is CCOC(=O)C(CC(=O)c1ccc2c3c(oc2c1)CCCC3)C(=O)O. The summed E-state index contributed by atoms with van der Waals surface area (Å²) >= 11 is 0. The third kappa shape index (κ3) is 3.43. The third-order valence-electron chi connectivity index (χ3n) is 4.54. The molecule has 1 atom stereocenters. The number of Topliss-reactive ketones (excluding diaryl/α,β-unsaturated/α-hetero) is 1. The van der Waals surface area contributed by atoms with Crippen LogP contribution in [0.25, 0.3) is 11.0 Å². The highest BCUT2D eigenvalue weighted by molar-refractivity contribution is 6.05. The van der Waals surface area contributed by atoms with Gasteiger partial charge in [0.15, 0.2) is 11.7 Å². The number of aliphatic carboxylic acids is 1. The van der Waals surface area contributed by atoms with Crippen LogP contribution in [-0.4, -0.2) is 29.4 Å². The van der Waals surface area contributed by atoms with Gasteiger partial charge in [-0.1, -0.05) is 12.1 Å². The Balaban J connectivity index is 1.84. The van der Waals surface area contributed by atoms with E-state index in [2.05, 4.69) is 0 Å². The van der Waals surface area contributed by atoms with Gasteiger partial charge in [0.05, 0.1) is 6.61 Å². The van der Waals surface area contributed by atoms with E-state index in [9.17, 15) is 19.5 Å². The molecule has 1 aliphatic carbocycles. The minimum atomic E-state index is -1.49. The molecule has 0 saturated heterocycles. The fraction of sp³-hybridized carbons (Fsp3) is 0.421. The van der Waals surface area contributed by atoms with Gasteiger partial charge in [0.25, 0.3) is 0 Å². The van der Waals surface area contributed by atoms with Gasteiger partial charge in [-0.3, -0.25) is 14.4 Å². The van der Waals surface area contributed by atoms with Crippen molar-refractivity contribution in [1.82, 2.24) is 0 Å². The first-order chi connectivity index (χ1) is 12.0. The lowest BCUT2D eigenvalue weighted by Crippen LogP contribution is -2.28. The number of fused-ring (bicyclic) bond motifs is 3. The number of ether oxygens (including phenoxy) is 1. The molecule has 0 saturated carbocycles. The molecular weight excluding hydrogens is 324 g/mol. The second kappa shape index (κ2) is 7.09. The van der Waals surface area contributed by atoms with Crippen LogP contribution >= 0.6 is 0 Å². The predicted molar refractivity (Wildman–Crippen MR) is 89.6 cm³/mol. The van der Waals surface area contributed by atoms with Crippen LogP contribution in [0.1, 0.15) is 47.9 Å². The van der Waals surface area contributed by atoms with Crippen molar-refractivity contribution in [1.29, 1.82) is 0 Å². The molecule has 1 heterocycles. The first kappa shape index (κ1) is 17.2. The molecule has 0 amide bonds. The van der Waals surface area contributed by atoms with Gasteiger partial charge in [-0.05, 0) is 32.3 Å². The Morgan fingerprint density at radius 2 is 2.00 bits per heavy atom. The Morgan fingerprint density at radius 1 is 1.24 bits per heavy atom. The maximum atomic E-state index is 12.4. The molecule has 0 fully saturated rings. The van der Waals surface area contributed by atoms with Crippen molar-refractivity contribution in [2.45, 2.75) is 39.0 Å². The monoisotopic (exact) mass is 344 g/mol. The lowest BCUT2D eigenvalue weighted by atomic mass is 9.94. The largest absolute Gasteiger partial charge is 0.481 e. The van der Waals surface area contributed by atoms with Crippen molar-refractivity contribution < 1.29 is 28.6 Å². The number of hydrogen-bond donors (Lipinski definition) is 1. The smallest absolute Gasteiger partial charge is 0.320 e. The normalized spacial score (nSPS) is 14.8. The van der Waals surface area contributed by atoms with Gasteiger partial charge < -0.3 is 14.3 Å². The zero-order valence-corrected chi connectivity index (χ0v) is 14.0. The number of esters is 1. The number of carbonyl (C=O) groups is 3. The molecule has 25 heavy (non-hydrogen) atoms. The maximum Gasteiger partial charge on any atom is 0.320 e. The van der Waals surface area contributed by atoms with Crippen LogP contribution in [0.4, 0.5) is 0 Å². The predicted octanol–water partition coefficient (Wildman–Crippen LogP) is 3.15. The van der Waals surface area contributed by atoms with Gasteiger partial charge in [0.2, 0.25) is 0 Å². The van der Waals surface area contributed by atoms with E-state index in [1.807, 2.05) is 6.07 Å². The Labute approximate surface area is 144 Å². The Morgan fingerprint density at radius 3 is 2.72 bits per heavy atom. The minimum Gasteiger partial charge on any atom is -0.481 e. The number of benzene rings is 1. The van der Waals surface area contributed by atoms with Crippen molar-refractivity contribution in [3.63, 3.8) is 0 Å². The topological polar surface area (TPSA) is 93.8 Å². The van der Waals surface area contributed by atoms with Gasteiger partial charge in [-0.25, -0.2) is 0 Å². The minimum absolute atomic E-state index is 0.0702. The number of carbonyl (C=O) groups excluding carboxylic acids is 2. The molecular formula is C19H20O6. The van der Waals surface area contributed by atoms with Crippen LogP contribution in [0, 0.1) is 5.92 Å². The fourth-order valence-corrected chi connectivity index (χ4v) is 3.25. The number of aryl methyl sites for hydroxylation is 2. The average molecular weight is 344 g/mol. The number of carboxylic acids is 1. The molecule has 1 aromatic heterocycles. The van der Waals surface area contributed by atoms with Crippen LogP contribution in [0.2, 0.25) is 0 Å². The van der Waals surface area contributed by atoms with E-state index in [0.717, 1.165) is 36.8 Å². The first-order valence-electron chi connectivity index (χ1n) is 8.48. The highest BCUT2D eigenvalue weighted by Gasteiger charge is 2.31. The molecule has 6 heteroatoms. The molecule has 6 nitrogen and oxygen atoms in total. The van der Waals surface area contributed by atoms with Crippen molar-refractivity contribution >= 4 is 28.7 Å². The summed E-state index contributed by atoms with van der Waals surface area (Å²) in [5, 5.41) is 10.2. The summed E-state index contributed by atoms with van der Waals surface area (Å²) in [6, 6.07) is 5.15. The van der Waals surface area contributed by atoms with Crippen LogP contribution in [0.5, 0.6) is 0 Å². The fourth-order valence-electron chi connectivity index (χ4n) is 3.25. The van der Waals surface area contributed by atoms with E-state index < -0.39 is 30.1 Å². The van der Waals surface area contributed by atoms with E-state index >= 15 is 0 Å². The van der Waals surface area contributed by atoms with Crippen molar-refractivity contribution in [2.24, 2.45) is 5.92 Å². The zero-order chi connectivity index (χ0) is 18.0. The highest BCUT2D eigenvalue weighted by atomic mass is 16.5. The van der Waals surface area contributed by atoms with Crippen molar-refractivity contribution in [2.75, 3.05) is 6.61 Å². The summed E-state index contributed by atoms with van der Waals surface area (Å²) < 4.78 is 10.6. The van der Waals surface area contributed by atoms with Gasteiger partial charge >= 0.3 is 11.9 Å². The number of carboxylic acid groups (broad SMARTS) is 1. The maximum absolute atomic E-state index is 12.4. The molecule has 1 unspecified atom stereocenters. The molecule has 1 N–H and O–H groups in total. The number of hydrogen-bond acceptors (Lipinski definition) is 5. The van der Waals surface area contributed by atoms with E-state index in [-0.39, 0.29) is 6.61 Å². The summed E-state index contributed by atoms with van der Waals surface area (Å²) in [6.45, 7) is 1.66. The summed E-state index contributed by atoms with van der Waals surface area (Å²) in [5.74, 6) is -3.19. The molecule has 0 spiro atoms. The molecule has 0 radical (unpaired) electrons. The first-order valence-corrected chi connectivity index (χ1v) is 8.48. The summed E-state index contributed by atoms with van der Waals surface area (Å²) in [6.07, 6.45) is 3.66. The van der Waals surface area contributed by atoms with Crippen LogP contribution < -0.4 is 0 Å². The van der Waals surface area contributed by atoms with E-state index in [1.54, 1.807) is 19.1 Å². The highest BCUT2D eigenvalue weighted by Crippen LogP contribution is 2.32. The van der Waals surface area contributed by atoms with Gasteiger partial charge in [0, 0.05) is 29.4 Å².